The van der Waals surface area contributed by atoms with Crippen LogP contribution in [0.25, 0.3) is 12.2 Å². The zero-order valence-corrected chi connectivity index (χ0v) is 6.67. The number of aromatic amines is 1. The molecule has 0 aliphatic heterocycles. The van der Waals surface area contributed by atoms with E-state index in [9.17, 15) is 0 Å². The summed E-state index contributed by atoms with van der Waals surface area (Å²) in [5.74, 6) is 0. The van der Waals surface area contributed by atoms with Gasteiger partial charge in [-0.15, -0.1) is 0 Å². The molecule has 0 spiro atoms. The fraction of sp³-hybridized carbons (Fsp3) is 0.111. The van der Waals surface area contributed by atoms with Crippen molar-refractivity contribution in [1.82, 2.24) is 10.2 Å². The summed E-state index contributed by atoms with van der Waals surface area (Å²) in [6.07, 6.45) is 3.63. The average molecular weight is 161 g/mol. The fourth-order valence-electron chi connectivity index (χ4n) is 1.000. The molecular formula is C9H11N3. The Morgan fingerprint density at radius 1 is 1.58 bits per heavy atom. The highest BCUT2D eigenvalue weighted by atomic mass is 15.1. The summed E-state index contributed by atoms with van der Waals surface area (Å²) < 4.78 is 0. The van der Waals surface area contributed by atoms with Crippen LogP contribution in [0.5, 0.6) is 0 Å². The molecule has 0 saturated heterocycles. The van der Waals surface area contributed by atoms with Crippen molar-refractivity contribution in [3.63, 3.8) is 0 Å². The molecule has 0 radical (unpaired) electrons. The van der Waals surface area contributed by atoms with Gasteiger partial charge in [0.15, 0.2) is 0 Å². The maximum absolute atomic E-state index is 8.46. The molecule has 0 unspecified atom stereocenters. The predicted octanol–water partition coefficient (Wildman–Crippen LogP) is 2.01. The second-order valence-corrected chi connectivity index (χ2v) is 2.24. The summed E-state index contributed by atoms with van der Waals surface area (Å²) in [7, 11) is 0. The molecule has 62 valence electrons. The van der Waals surface area contributed by atoms with Crippen LogP contribution in [-0.2, 0) is 6.42 Å². The van der Waals surface area contributed by atoms with Gasteiger partial charge in [0.25, 0.3) is 0 Å². The molecule has 0 aliphatic carbocycles. The van der Waals surface area contributed by atoms with Crippen LogP contribution in [0.4, 0.5) is 0 Å². The summed E-state index contributed by atoms with van der Waals surface area (Å²) in [6, 6.07) is 2.04. The second kappa shape index (κ2) is 3.54. The lowest BCUT2D eigenvalue weighted by Gasteiger charge is -1.90. The van der Waals surface area contributed by atoms with E-state index in [2.05, 4.69) is 23.4 Å². The van der Waals surface area contributed by atoms with E-state index in [0.717, 1.165) is 17.0 Å². The van der Waals surface area contributed by atoms with Gasteiger partial charge in [0.2, 0.25) is 0 Å². The van der Waals surface area contributed by atoms with E-state index in [0.29, 0.717) is 6.42 Å². The van der Waals surface area contributed by atoms with Gasteiger partial charge in [0, 0.05) is 6.99 Å². The molecule has 0 bridgehead atoms. The highest BCUT2D eigenvalue weighted by Gasteiger charge is 2.05. The number of H-pyrrole nitrogens is 1. The van der Waals surface area contributed by atoms with Crippen LogP contribution in [0.15, 0.2) is 13.2 Å². The Kier molecular flexibility index (Phi) is 2.44. The number of nitrogens with zero attached hydrogens (tertiary/aromatic N) is 2. The van der Waals surface area contributed by atoms with Gasteiger partial charge in [-0.2, -0.15) is 10.4 Å². The lowest BCUT2D eigenvalue weighted by atomic mass is 10.1. The first-order valence-corrected chi connectivity index (χ1v) is 3.52. The van der Waals surface area contributed by atoms with E-state index in [1.807, 2.05) is 6.07 Å². The van der Waals surface area contributed by atoms with Crippen molar-refractivity contribution in [2.45, 2.75) is 6.42 Å². The molecule has 1 heterocycles. The Hall–Kier alpha value is -1.82. The van der Waals surface area contributed by atoms with E-state index < -0.39 is 0 Å². The molecule has 3 nitrogen and oxygen atoms in total. The minimum atomic E-state index is 0. The molecule has 1 N–H and O–H groups in total. The van der Waals surface area contributed by atoms with Gasteiger partial charge in [-0.05, 0) is 6.08 Å². The largest absolute Gasteiger partial charge is 0.280 e. The number of rotatable bonds is 3. The maximum atomic E-state index is 8.46. The molecule has 0 saturated carbocycles. The van der Waals surface area contributed by atoms with Gasteiger partial charge in [-0.25, -0.2) is 0 Å². The molecule has 1 rings (SSSR count). The minimum absolute atomic E-state index is 0. The molecule has 1 aromatic heterocycles. The van der Waals surface area contributed by atoms with Gasteiger partial charge in [0.05, 0.1) is 23.9 Å². The van der Waals surface area contributed by atoms with E-state index in [4.69, 9.17) is 5.26 Å². The topological polar surface area (TPSA) is 52.5 Å². The van der Waals surface area contributed by atoms with Crippen molar-refractivity contribution in [2.75, 3.05) is 0 Å². The fourth-order valence-corrected chi connectivity index (χ4v) is 1.000. The minimum Gasteiger partial charge on any atom is -0.280 e. The SMILES string of the molecule is C=Cc1n[nH]c(CC#N)c1C=C.[HH]. The molecule has 3 heteroatoms. The van der Waals surface area contributed by atoms with E-state index in [1.165, 1.54) is 0 Å². The first-order valence-electron chi connectivity index (χ1n) is 3.52. The van der Waals surface area contributed by atoms with Gasteiger partial charge in [0.1, 0.15) is 0 Å². The zero-order chi connectivity index (χ0) is 8.97. The Bertz CT molecular complexity index is 346. The van der Waals surface area contributed by atoms with Crippen LogP contribution in [0.2, 0.25) is 0 Å². The number of hydrogen-bond donors (Lipinski definition) is 1. The molecule has 0 atom stereocenters. The number of nitrogens with one attached hydrogen (secondary N) is 1. The molecule has 0 amide bonds. The zero-order valence-electron chi connectivity index (χ0n) is 6.67. The highest BCUT2D eigenvalue weighted by Crippen LogP contribution is 2.13. The van der Waals surface area contributed by atoms with Gasteiger partial charge >= 0.3 is 0 Å². The molecule has 1 aromatic rings. The Labute approximate surface area is 72.5 Å². The second-order valence-electron chi connectivity index (χ2n) is 2.24. The first-order chi connectivity index (χ1) is 5.83. The van der Waals surface area contributed by atoms with Crippen molar-refractivity contribution in [3.05, 3.63) is 30.1 Å². The monoisotopic (exact) mass is 161 g/mol. The summed E-state index contributed by atoms with van der Waals surface area (Å²) >= 11 is 0. The third-order valence-electron chi connectivity index (χ3n) is 1.57. The Morgan fingerprint density at radius 2 is 2.33 bits per heavy atom. The number of aromatic nitrogens is 2. The summed E-state index contributed by atoms with van der Waals surface area (Å²) in [5.41, 5.74) is 2.41. The molecule has 0 aromatic carbocycles. The number of nitriles is 1. The standard InChI is InChI=1S/C9H9N3.H2/c1-3-7-8(4-2)11-12-9(7)5-6-10;/h3-4H,1-2,5H2,(H,11,12);1H. The maximum Gasteiger partial charge on any atom is 0.0917 e. The normalized spacial score (nSPS) is 8.92. The van der Waals surface area contributed by atoms with Gasteiger partial charge in [-0.1, -0.05) is 19.2 Å². The van der Waals surface area contributed by atoms with Gasteiger partial charge < -0.3 is 0 Å². The highest BCUT2D eigenvalue weighted by molar-refractivity contribution is 5.62. The van der Waals surface area contributed by atoms with E-state index in [-0.39, 0.29) is 1.43 Å². The average Bonchev–Trinajstić information content (AvgIpc) is 2.47. The lowest BCUT2D eigenvalue weighted by Crippen LogP contribution is -1.84. The van der Waals surface area contributed by atoms with Crippen LogP contribution < -0.4 is 0 Å². The molecule has 0 fully saturated rings. The molecule has 0 aliphatic rings. The van der Waals surface area contributed by atoms with Crippen molar-refractivity contribution in [1.29, 1.82) is 5.26 Å². The smallest absolute Gasteiger partial charge is 0.0917 e. The van der Waals surface area contributed by atoms with E-state index in [1.54, 1.807) is 12.2 Å². The van der Waals surface area contributed by atoms with Crippen molar-refractivity contribution < 1.29 is 1.43 Å². The third kappa shape index (κ3) is 1.28. The van der Waals surface area contributed by atoms with Crippen LogP contribution in [-0.4, -0.2) is 10.2 Å². The van der Waals surface area contributed by atoms with Gasteiger partial charge in [-0.3, -0.25) is 5.10 Å². The Balaban J connectivity index is 0.00000144. The first kappa shape index (κ1) is 8.28. The summed E-state index contributed by atoms with van der Waals surface area (Å²) in [4.78, 5) is 0. The lowest BCUT2D eigenvalue weighted by molar-refractivity contribution is 1.01. The molecular weight excluding hydrogens is 150 g/mol. The van der Waals surface area contributed by atoms with Crippen LogP contribution in [0.3, 0.4) is 0 Å². The Morgan fingerprint density at radius 3 is 2.83 bits per heavy atom. The number of hydrogen-bond acceptors (Lipinski definition) is 2. The molecule has 12 heavy (non-hydrogen) atoms. The predicted molar refractivity (Wildman–Crippen MR) is 50.2 cm³/mol. The third-order valence-corrected chi connectivity index (χ3v) is 1.57. The van der Waals surface area contributed by atoms with Crippen LogP contribution in [0, 0.1) is 11.3 Å². The van der Waals surface area contributed by atoms with Crippen molar-refractivity contribution in [2.24, 2.45) is 0 Å². The van der Waals surface area contributed by atoms with Crippen LogP contribution in [0.1, 0.15) is 18.4 Å². The quantitative estimate of drug-likeness (QED) is 0.737. The van der Waals surface area contributed by atoms with Crippen molar-refractivity contribution >= 4 is 12.2 Å². The summed E-state index contributed by atoms with van der Waals surface area (Å²) in [6.45, 7) is 7.24. The summed E-state index contributed by atoms with van der Waals surface area (Å²) in [5, 5.41) is 15.2. The van der Waals surface area contributed by atoms with Crippen LogP contribution >= 0.6 is 0 Å². The van der Waals surface area contributed by atoms with Crippen molar-refractivity contribution in [3.8, 4) is 6.07 Å². The van der Waals surface area contributed by atoms with E-state index >= 15 is 0 Å².